The van der Waals surface area contributed by atoms with Crippen LogP contribution in [-0.2, 0) is 42.5 Å². The summed E-state index contributed by atoms with van der Waals surface area (Å²) in [6, 6.07) is 0. The van der Waals surface area contributed by atoms with Crippen LogP contribution in [0.2, 0.25) is 18.1 Å². The molecule has 0 radical (unpaired) electrons. The Morgan fingerprint density at radius 3 is 1.71 bits per heavy atom. The van der Waals surface area contributed by atoms with Gasteiger partial charge in [-0.1, -0.05) is 20.8 Å². The number of ether oxygens (including phenoxy) is 2. The van der Waals surface area contributed by atoms with Gasteiger partial charge < -0.3 is 13.9 Å². The fraction of sp³-hybridized carbons (Fsp3) is 1.00. The molecule has 1 heterocycles. The van der Waals surface area contributed by atoms with E-state index in [0.29, 0.717) is 6.26 Å². The lowest BCUT2D eigenvalue weighted by Gasteiger charge is -2.41. The van der Waals surface area contributed by atoms with Gasteiger partial charge in [-0.05, 0) is 32.0 Å². The van der Waals surface area contributed by atoms with E-state index >= 15 is 0 Å². The SMILES string of the molecule is CC1(C)O[C@@H]2[C@H](O1)[C@H](O[Si](C)(C)C(C)(C)C)[C@@H](OS(C)(=O)=O)[C@@H]2OS(=O)(=O)C(F)(F)F. The average Bonchev–Trinajstić information content (AvgIpc) is 2.90. The molecule has 9 nitrogen and oxygen atoms in total. The lowest BCUT2D eigenvalue weighted by atomic mass is 10.2. The van der Waals surface area contributed by atoms with E-state index in [9.17, 15) is 30.0 Å². The number of rotatable bonds is 6. The molecule has 1 saturated heterocycles. The monoisotopic (exact) mass is 514 g/mol. The zero-order valence-electron chi connectivity index (χ0n) is 18.5. The molecule has 15 heteroatoms. The van der Waals surface area contributed by atoms with Crippen LogP contribution in [0.5, 0.6) is 0 Å². The molecule has 1 saturated carbocycles. The van der Waals surface area contributed by atoms with Gasteiger partial charge in [-0.3, -0.25) is 8.37 Å². The van der Waals surface area contributed by atoms with E-state index in [1.807, 2.05) is 33.9 Å². The summed E-state index contributed by atoms with van der Waals surface area (Å²) in [5, 5.41) is -0.371. The van der Waals surface area contributed by atoms with Gasteiger partial charge in [0.2, 0.25) is 0 Å². The molecule has 0 aromatic heterocycles. The van der Waals surface area contributed by atoms with E-state index in [-0.39, 0.29) is 5.04 Å². The lowest BCUT2D eigenvalue weighted by Crippen LogP contribution is -2.51. The Kier molecular flexibility index (Phi) is 6.86. The Balaban J connectivity index is 2.56. The molecule has 0 bridgehead atoms. The van der Waals surface area contributed by atoms with Crippen LogP contribution >= 0.6 is 0 Å². The smallest absolute Gasteiger partial charge is 0.408 e. The van der Waals surface area contributed by atoms with Gasteiger partial charge in [0.25, 0.3) is 10.1 Å². The Bertz CT molecular complexity index is 894. The summed E-state index contributed by atoms with van der Waals surface area (Å²) in [6.07, 6.45) is -6.78. The van der Waals surface area contributed by atoms with Crippen molar-refractivity contribution in [1.82, 2.24) is 0 Å². The van der Waals surface area contributed by atoms with E-state index in [4.69, 9.17) is 18.1 Å². The molecule has 2 rings (SSSR count). The predicted octanol–water partition coefficient (Wildman–Crippen LogP) is 2.49. The molecule has 0 aromatic carbocycles. The maximum absolute atomic E-state index is 13.0. The maximum atomic E-state index is 13.0. The van der Waals surface area contributed by atoms with Crippen molar-refractivity contribution in [2.45, 2.75) is 94.6 Å². The molecule has 0 amide bonds. The molecule has 1 aliphatic carbocycles. The molecular weight excluding hydrogens is 485 g/mol. The Labute approximate surface area is 181 Å². The number of halogens is 3. The largest absolute Gasteiger partial charge is 0.523 e. The van der Waals surface area contributed by atoms with Crippen LogP contribution in [-0.4, -0.2) is 73.2 Å². The highest BCUT2D eigenvalue weighted by molar-refractivity contribution is 7.87. The summed E-state index contributed by atoms with van der Waals surface area (Å²) in [4.78, 5) is 0. The number of fused-ring (bicyclic) bond motifs is 1. The molecule has 184 valence electrons. The molecule has 0 N–H and O–H groups in total. The Morgan fingerprint density at radius 2 is 1.32 bits per heavy atom. The second kappa shape index (κ2) is 7.89. The Morgan fingerprint density at radius 1 is 0.871 bits per heavy atom. The highest BCUT2D eigenvalue weighted by atomic mass is 32.2. The van der Waals surface area contributed by atoms with Crippen molar-refractivity contribution in [3.63, 3.8) is 0 Å². The first-order valence-corrected chi connectivity index (χ1v) is 15.5. The summed E-state index contributed by atoms with van der Waals surface area (Å²) in [5.41, 5.74) is -5.73. The quantitative estimate of drug-likeness (QED) is 0.300. The van der Waals surface area contributed by atoms with Crippen molar-refractivity contribution >= 4 is 28.6 Å². The Hall–Kier alpha value is -0.293. The van der Waals surface area contributed by atoms with Crippen LogP contribution in [0.25, 0.3) is 0 Å². The third-order valence-corrected chi connectivity index (χ3v) is 11.6. The molecule has 0 unspecified atom stereocenters. The van der Waals surface area contributed by atoms with E-state index in [1.165, 1.54) is 13.8 Å². The second-order valence-electron chi connectivity index (χ2n) is 9.63. The number of hydrogen-bond acceptors (Lipinski definition) is 9. The fourth-order valence-corrected chi connectivity index (χ4v) is 5.70. The maximum Gasteiger partial charge on any atom is 0.523 e. The van der Waals surface area contributed by atoms with Gasteiger partial charge in [0, 0.05) is 0 Å². The van der Waals surface area contributed by atoms with Crippen molar-refractivity contribution in [3.05, 3.63) is 0 Å². The topological polar surface area (TPSA) is 114 Å². The minimum absolute atomic E-state index is 0.371. The zero-order chi connectivity index (χ0) is 24.4. The highest BCUT2D eigenvalue weighted by Gasteiger charge is 2.65. The van der Waals surface area contributed by atoms with Gasteiger partial charge in [-0.15, -0.1) is 0 Å². The van der Waals surface area contributed by atoms with E-state index in [2.05, 4.69) is 4.18 Å². The van der Waals surface area contributed by atoms with Crippen LogP contribution in [0, 0.1) is 0 Å². The predicted molar refractivity (Wildman–Crippen MR) is 105 cm³/mol. The van der Waals surface area contributed by atoms with Crippen LogP contribution in [0.15, 0.2) is 0 Å². The van der Waals surface area contributed by atoms with Gasteiger partial charge in [0.15, 0.2) is 14.1 Å². The third kappa shape index (κ3) is 5.80. The summed E-state index contributed by atoms with van der Waals surface area (Å²) in [7, 11) is -13.0. The molecule has 1 aliphatic heterocycles. The standard InChI is InChI=1S/C16H29F3O9S2Si/c1-14(2,3)31(7,8)28-13-10-9(24-15(4,5)25-10)11(12(13)26-29(6,20)21)27-30(22,23)16(17,18)19/h9-13H,1-8H3/t9-,10+,11-,12+,13+/m1/s1. The number of hydrogen-bond donors (Lipinski definition) is 0. The van der Waals surface area contributed by atoms with E-state index in [1.54, 1.807) is 0 Å². The normalized spacial score (nSPS) is 32.3. The van der Waals surface area contributed by atoms with E-state index in [0.717, 1.165) is 0 Å². The van der Waals surface area contributed by atoms with Gasteiger partial charge in [0.1, 0.15) is 30.5 Å². The zero-order valence-corrected chi connectivity index (χ0v) is 21.1. The van der Waals surface area contributed by atoms with E-state index < -0.39 is 70.4 Å². The first-order valence-electron chi connectivity index (χ1n) is 9.39. The third-order valence-electron chi connectivity index (χ3n) is 5.50. The molecule has 0 spiro atoms. The molecule has 5 atom stereocenters. The van der Waals surface area contributed by atoms with Crippen LogP contribution in [0.4, 0.5) is 13.2 Å². The van der Waals surface area contributed by atoms with Crippen molar-refractivity contribution < 1.29 is 52.3 Å². The number of alkyl halides is 3. The van der Waals surface area contributed by atoms with Crippen molar-refractivity contribution in [1.29, 1.82) is 0 Å². The minimum atomic E-state index is -6.10. The average molecular weight is 515 g/mol. The fourth-order valence-electron chi connectivity index (χ4n) is 3.16. The van der Waals surface area contributed by atoms with Gasteiger partial charge >= 0.3 is 15.6 Å². The van der Waals surface area contributed by atoms with Gasteiger partial charge in [-0.25, -0.2) is 0 Å². The van der Waals surface area contributed by atoms with Crippen LogP contribution in [0.3, 0.4) is 0 Å². The molecule has 0 aromatic rings. The summed E-state index contributed by atoms with van der Waals surface area (Å²) in [5.74, 6) is -1.30. The second-order valence-corrected chi connectivity index (χ2v) is 17.6. The van der Waals surface area contributed by atoms with Crippen LogP contribution in [0.1, 0.15) is 34.6 Å². The molecular formula is C16H29F3O9S2Si. The van der Waals surface area contributed by atoms with Gasteiger partial charge in [0.05, 0.1) is 6.26 Å². The lowest BCUT2D eigenvalue weighted by molar-refractivity contribution is -0.182. The minimum Gasteiger partial charge on any atom is -0.408 e. The summed E-state index contributed by atoms with van der Waals surface area (Å²) < 4.78 is 113. The van der Waals surface area contributed by atoms with Crippen molar-refractivity contribution in [2.75, 3.05) is 6.26 Å². The van der Waals surface area contributed by atoms with Gasteiger partial charge in [-0.2, -0.15) is 30.0 Å². The molecule has 31 heavy (non-hydrogen) atoms. The van der Waals surface area contributed by atoms with Crippen molar-refractivity contribution in [3.8, 4) is 0 Å². The van der Waals surface area contributed by atoms with Crippen molar-refractivity contribution in [2.24, 2.45) is 0 Å². The highest BCUT2D eigenvalue weighted by Crippen LogP contribution is 2.47. The summed E-state index contributed by atoms with van der Waals surface area (Å²) >= 11 is 0. The summed E-state index contributed by atoms with van der Waals surface area (Å²) in [6.45, 7) is 12.3. The molecule has 2 aliphatic rings. The van der Waals surface area contributed by atoms with Crippen LogP contribution < -0.4 is 0 Å². The first kappa shape index (κ1) is 27.0. The molecule has 2 fully saturated rings. The first-order chi connectivity index (χ1) is 13.5.